The molecule has 0 heterocycles. The van der Waals surface area contributed by atoms with Crippen molar-refractivity contribution in [2.45, 2.75) is 102 Å². The van der Waals surface area contributed by atoms with Crippen LogP contribution in [0.25, 0.3) is 0 Å². The Morgan fingerprint density at radius 1 is 0.829 bits per heavy atom. The molecule has 2 aliphatic rings. The van der Waals surface area contributed by atoms with Gasteiger partial charge in [0.05, 0.1) is 23.4 Å². The summed E-state index contributed by atoms with van der Waals surface area (Å²) < 4.78 is 15.9. The fourth-order valence-electron chi connectivity index (χ4n) is 5.41. The molecular weight excluding hydrogens is 553 g/mol. The largest absolute Gasteiger partial charge is 0.481 e. The first kappa shape index (κ1) is 35.4. The van der Waals surface area contributed by atoms with E-state index in [1.807, 2.05) is 27.4 Å². The van der Waals surface area contributed by atoms with Crippen LogP contribution >= 0.6 is 8.58 Å². The van der Waals surface area contributed by atoms with Crippen molar-refractivity contribution in [3.63, 3.8) is 0 Å². The van der Waals surface area contributed by atoms with Gasteiger partial charge in [0.15, 0.2) is 0 Å². The normalized spacial score (nSPS) is 25.7. The lowest BCUT2D eigenvalue weighted by Gasteiger charge is -2.29. The number of carbonyl (C=O) groups is 4. The molecule has 0 amide bonds. The third-order valence-corrected chi connectivity index (χ3v) is 8.93. The zero-order valence-corrected chi connectivity index (χ0v) is 25.9. The van der Waals surface area contributed by atoms with E-state index in [2.05, 4.69) is 5.32 Å². The molecule has 2 saturated carbocycles. The molecule has 2 aliphatic carbocycles. The third-order valence-electron chi connectivity index (χ3n) is 7.79. The number of carboxylic acid groups (broad SMARTS) is 1. The Kier molecular flexibility index (Phi) is 15.0. The number of aliphatic hydroxyl groups is 2. The predicted octanol–water partition coefficient (Wildman–Crippen LogP) is 2.49. The highest BCUT2D eigenvalue weighted by Crippen LogP contribution is 2.33. The molecule has 41 heavy (non-hydrogen) atoms. The lowest BCUT2D eigenvalue weighted by atomic mass is 9.79. The maximum Gasteiger partial charge on any atom is 0.313 e. The maximum absolute atomic E-state index is 12.8. The minimum atomic E-state index is -1.17. The van der Waals surface area contributed by atoms with Crippen LogP contribution in [0.2, 0.25) is 0 Å². The highest BCUT2D eigenvalue weighted by molar-refractivity contribution is 7.39. The van der Waals surface area contributed by atoms with E-state index in [-0.39, 0.29) is 55.4 Å². The molecule has 0 spiro atoms. The maximum atomic E-state index is 12.8. The highest BCUT2D eigenvalue weighted by Gasteiger charge is 2.38. The average molecular weight is 604 g/mol. The molecule has 2 rings (SSSR count). The summed E-state index contributed by atoms with van der Waals surface area (Å²) in [5.74, 6) is -4.01. The molecule has 0 aliphatic heterocycles. The second kappa shape index (κ2) is 17.3. The minimum absolute atomic E-state index is 0.0301. The Hall–Kier alpha value is -1.81. The number of carbonyl (C=O) groups excluding carboxylic acids is 3. The number of hydrogen-bond acceptors (Lipinski definition) is 10. The molecule has 6 unspecified atom stereocenters. The van der Waals surface area contributed by atoms with Gasteiger partial charge in [0.25, 0.3) is 0 Å². The fraction of sp³-hybridized carbons (Fsp3) is 0.862. The van der Waals surface area contributed by atoms with Gasteiger partial charge in [0, 0.05) is 12.6 Å². The van der Waals surface area contributed by atoms with Crippen LogP contribution in [-0.2, 0) is 33.4 Å². The molecule has 11 nitrogen and oxygen atoms in total. The number of esters is 3. The molecule has 2 fully saturated rings. The summed E-state index contributed by atoms with van der Waals surface area (Å²) in [4.78, 5) is 49.1. The van der Waals surface area contributed by atoms with Crippen LogP contribution < -0.4 is 5.32 Å². The van der Waals surface area contributed by atoms with E-state index in [0.717, 1.165) is 12.8 Å². The van der Waals surface area contributed by atoms with Crippen molar-refractivity contribution in [1.29, 1.82) is 0 Å². The zero-order chi connectivity index (χ0) is 30.6. The lowest BCUT2D eigenvalue weighted by Crippen LogP contribution is -2.41. The summed E-state index contributed by atoms with van der Waals surface area (Å²) in [5, 5.41) is 32.8. The van der Waals surface area contributed by atoms with Crippen molar-refractivity contribution < 1.29 is 48.7 Å². The predicted molar refractivity (Wildman–Crippen MR) is 154 cm³/mol. The van der Waals surface area contributed by atoms with E-state index in [1.54, 1.807) is 0 Å². The highest BCUT2D eigenvalue weighted by atomic mass is 31.1. The summed E-state index contributed by atoms with van der Waals surface area (Å²) in [6, 6.07) is 0.115. The summed E-state index contributed by atoms with van der Waals surface area (Å²) in [6.45, 7) is 7.46. The van der Waals surface area contributed by atoms with Gasteiger partial charge < -0.3 is 34.8 Å². The van der Waals surface area contributed by atoms with Crippen LogP contribution in [0.4, 0.5) is 0 Å². The van der Waals surface area contributed by atoms with E-state index in [1.165, 1.54) is 0 Å². The van der Waals surface area contributed by atoms with E-state index in [9.17, 15) is 29.4 Å². The van der Waals surface area contributed by atoms with Crippen molar-refractivity contribution in [3.8, 4) is 0 Å². The molecule has 0 aromatic rings. The Labute approximate surface area is 245 Å². The van der Waals surface area contributed by atoms with Crippen LogP contribution in [0.1, 0.15) is 78.6 Å². The molecule has 0 aromatic carbocycles. The Bertz CT molecular complexity index is 855. The second-order valence-electron chi connectivity index (χ2n) is 12.6. The van der Waals surface area contributed by atoms with Crippen molar-refractivity contribution in [2.24, 2.45) is 23.2 Å². The van der Waals surface area contributed by atoms with E-state index >= 15 is 0 Å². The van der Waals surface area contributed by atoms with E-state index in [4.69, 9.17) is 19.3 Å². The summed E-state index contributed by atoms with van der Waals surface area (Å²) in [7, 11) is 0.375. The van der Waals surface area contributed by atoms with Crippen molar-refractivity contribution in [2.75, 3.05) is 33.0 Å². The van der Waals surface area contributed by atoms with Crippen LogP contribution in [0.15, 0.2) is 0 Å². The van der Waals surface area contributed by atoms with Gasteiger partial charge in [0.2, 0.25) is 0 Å². The van der Waals surface area contributed by atoms with Gasteiger partial charge in [-0.05, 0) is 57.0 Å². The average Bonchev–Trinajstić information content (AvgIpc) is 2.94. The molecule has 0 saturated heterocycles. The molecule has 0 bridgehead atoms. The van der Waals surface area contributed by atoms with Gasteiger partial charge in [-0.25, -0.2) is 0 Å². The topological polar surface area (TPSA) is 169 Å². The summed E-state index contributed by atoms with van der Waals surface area (Å²) in [5.41, 5.74) is -0.274. The zero-order valence-electron chi connectivity index (χ0n) is 24.9. The number of ether oxygens (including phenoxy) is 3. The SMILES string of the molecule is CPC(CC(C)(C)C)C(=O)OCC(O)COC(=O)C1CCCCC1C(=O)OCC(O)CNC1CCC(C(=O)O)CC1. The van der Waals surface area contributed by atoms with Crippen molar-refractivity contribution in [3.05, 3.63) is 0 Å². The molecule has 0 radical (unpaired) electrons. The van der Waals surface area contributed by atoms with Gasteiger partial charge in [0.1, 0.15) is 32.0 Å². The van der Waals surface area contributed by atoms with Gasteiger partial charge in [-0.15, -0.1) is 8.58 Å². The van der Waals surface area contributed by atoms with Crippen LogP contribution in [0.3, 0.4) is 0 Å². The second-order valence-corrected chi connectivity index (χ2v) is 13.9. The Morgan fingerprint density at radius 2 is 1.34 bits per heavy atom. The number of nitrogens with one attached hydrogen (secondary N) is 1. The molecular formula is C29H50NO10P. The standard InChI is InChI=1S/C29H50NO10P/c1-29(2,3)13-24(41-4)28(37)40-17-21(32)16-39-27(36)23-8-6-5-7-22(23)26(35)38-15-20(31)14-30-19-11-9-18(10-12-19)25(33)34/h18-24,30-32,41H,5-17H2,1-4H3,(H,33,34). The van der Waals surface area contributed by atoms with Gasteiger partial charge in [-0.2, -0.15) is 0 Å². The smallest absolute Gasteiger partial charge is 0.313 e. The van der Waals surface area contributed by atoms with Crippen LogP contribution in [0, 0.1) is 23.2 Å². The van der Waals surface area contributed by atoms with Crippen LogP contribution in [0.5, 0.6) is 0 Å². The molecule has 6 atom stereocenters. The number of aliphatic hydroxyl groups excluding tert-OH is 2. The van der Waals surface area contributed by atoms with Gasteiger partial charge in [-0.1, -0.05) is 33.6 Å². The minimum Gasteiger partial charge on any atom is -0.481 e. The van der Waals surface area contributed by atoms with Crippen molar-refractivity contribution >= 4 is 32.5 Å². The van der Waals surface area contributed by atoms with Crippen LogP contribution in [-0.4, -0.2) is 96.1 Å². The fourth-order valence-corrected chi connectivity index (χ4v) is 6.55. The third kappa shape index (κ3) is 12.9. The number of hydrogen-bond donors (Lipinski definition) is 4. The Morgan fingerprint density at radius 3 is 1.83 bits per heavy atom. The first-order valence-corrected chi connectivity index (χ1v) is 16.4. The summed E-state index contributed by atoms with van der Waals surface area (Å²) in [6.07, 6.45) is 3.62. The van der Waals surface area contributed by atoms with E-state index in [0.29, 0.717) is 53.5 Å². The summed E-state index contributed by atoms with van der Waals surface area (Å²) >= 11 is 0. The first-order chi connectivity index (χ1) is 19.3. The number of aliphatic carboxylic acids is 1. The lowest BCUT2D eigenvalue weighted by molar-refractivity contribution is -0.167. The van der Waals surface area contributed by atoms with Gasteiger partial charge >= 0.3 is 23.9 Å². The quantitative estimate of drug-likeness (QED) is 0.123. The molecule has 0 aromatic heterocycles. The first-order valence-electron chi connectivity index (χ1n) is 14.8. The molecule has 4 N–H and O–H groups in total. The van der Waals surface area contributed by atoms with E-state index < -0.39 is 42.0 Å². The van der Waals surface area contributed by atoms with Crippen molar-refractivity contribution in [1.82, 2.24) is 5.32 Å². The number of carboxylic acids is 1. The molecule has 12 heteroatoms. The molecule has 236 valence electrons. The number of rotatable bonds is 15. The monoisotopic (exact) mass is 603 g/mol. The Balaban J connectivity index is 1.72. The van der Waals surface area contributed by atoms with Gasteiger partial charge in [-0.3, -0.25) is 19.2 Å².